The van der Waals surface area contributed by atoms with Crippen LogP contribution in [0.2, 0.25) is 0 Å². The first-order chi connectivity index (χ1) is 15.6. The minimum atomic E-state index is -4.64. The van der Waals surface area contributed by atoms with Crippen LogP contribution in [0.4, 0.5) is 0 Å². The maximum atomic E-state index is 9.24. The molecule has 0 atom stereocenters. The van der Waals surface area contributed by atoms with Gasteiger partial charge in [0, 0.05) is 26.2 Å². The van der Waals surface area contributed by atoms with E-state index in [-0.39, 0.29) is 6.54 Å². The van der Waals surface area contributed by atoms with Crippen LogP contribution in [0.25, 0.3) is 0 Å². The number of aliphatic carboxylic acids is 1. The summed E-state index contributed by atoms with van der Waals surface area (Å²) in [5, 5.41) is 11.0. The molecule has 0 saturated carbocycles. The molecule has 0 fully saturated rings. The normalized spacial score (nSPS) is 10.9. The molecule has 0 aromatic rings. The van der Waals surface area contributed by atoms with Gasteiger partial charge in [-0.25, -0.2) is 4.57 Å². The van der Waals surface area contributed by atoms with E-state index >= 15 is 0 Å². The summed E-state index contributed by atoms with van der Waals surface area (Å²) in [4.78, 5) is 33.5. The number of carboxylic acid groups (broad SMARTS) is 1. The van der Waals surface area contributed by atoms with Gasteiger partial charge < -0.3 is 41.5 Å². The maximum absolute atomic E-state index is 9.24. The summed E-state index contributed by atoms with van der Waals surface area (Å²) in [6.45, 7) is 10.8. The van der Waals surface area contributed by atoms with Crippen molar-refractivity contribution in [1.29, 1.82) is 0 Å². The molecule has 0 spiro atoms. The molecule has 0 amide bonds. The van der Waals surface area contributed by atoms with Crippen LogP contribution in [0.3, 0.4) is 0 Å². The van der Waals surface area contributed by atoms with Crippen molar-refractivity contribution in [2.24, 2.45) is 11.5 Å². The molecule has 0 heterocycles. The highest BCUT2D eigenvalue weighted by Gasteiger charge is 2.04. The Bertz CT molecular complexity index is 417. The predicted octanol–water partition coefficient (Wildman–Crippen LogP) is 2.66. The maximum Gasteiger partial charge on any atom is 0.466 e. The summed E-state index contributed by atoms with van der Waals surface area (Å²) >= 11 is 0. The van der Waals surface area contributed by atoms with Crippen LogP contribution in [0.1, 0.15) is 90.9 Å². The Morgan fingerprint density at radius 2 is 1.12 bits per heavy atom. The van der Waals surface area contributed by atoms with Crippen molar-refractivity contribution in [2.45, 2.75) is 90.9 Å². The second kappa shape index (κ2) is 29.5. The Hall–Kier alpha value is -0.580. The molecule has 0 rings (SSSR count). The van der Waals surface area contributed by atoms with Gasteiger partial charge in [0.15, 0.2) is 0 Å². The average Bonchev–Trinajstić information content (AvgIpc) is 2.74. The van der Waals surface area contributed by atoms with Gasteiger partial charge in [0.05, 0.1) is 6.54 Å². The van der Waals surface area contributed by atoms with Crippen molar-refractivity contribution in [1.82, 2.24) is 10.2 Å². The van der Waals surface area contributed by atoms with Crippen LogP contribution in [-0.4, -0.2) is 76.5 Å². The van der Waals surface area contributed by atoms with Crippen molar-refractivity contribution >= 4 is 13.8 Å². The molecule has 9 N–H and O–H groups in total. The lowest BCUT2D eigenvalue weighted by Gasteiger charge is -2.22. The second-order valence-electron chi connectivity index (χ2n) is 8.03. The van der Waals surface area contributed by atoms with E-state index in [0.717, 1.165) is 19.6 Å². The monoisotopic (exact) mass is 500 g/mol. The molecule has 0 aliphatic heterocycles. The molecule has 0 aliphatic rings. The third-order valence-corrected chi connectivity index (χ3v) is 4.76. The van der Waals surface area contributed by atoms with E-state index in [1.165, 1.54) is 96.7 Å². The first-order valence-electron chi connectivity index (χ1n) is 12.5. The Morgan fingerprint density at radius 3 is 1.45 bits per heavy atom. The summed E-state index contributed by atoms with van der Waals surface area (Å²) < 4.78 is 8.88. The zero-order chi connectivity index (χ0) is 25.8. The van der Waals surface area contributed by atoms with Crippen LogP contribution in [0.5, 0.6) is 0 Å². The highest BCUT2D eigenvalue weighted by Crippen LogP contribution is 2.25. The van der Waals surface area contributed by atoms with Crippen LogP contribution in [0.15, 0.2) is 0 Å². The van der Waals surface area contributed by atoms with Gasteiger partial charge in [0.1, 0.15) is 0 Å². The standard InChI is InChI=1S/C20H45N3.C2H5NO2.H3O4P/c1-3-5-7-9-11-13-18-23(20-17-22-16-15-21)19-14-12-10-8-6-4-2;3-1-2(4)5;1-5(2,3)4/h22H,3-21H2,1-2H3;1,3H2,(H,4,5);(H3,1,2,3,4). The number of nitrogens with zero attached hydrogens (tertiary/aromatic N) is 1. The lowest BCUT2D eigenvalue weighted by atomic mass is 10.1. The smallest absolute Gasteiger partial charge is 0.466 e. The summed E-state index contributed by atoms with van der Waals surface area (Å²) in [7, 11) is -4.64. The molecular formula is C22H53N4O6P. The van der Waals surface area contributed by atoms with Gasteiger partial charge in [-0.2, -0.15) is 0 Å². The third kappa shape index (κ3) is 49.6. The van der Waals surface area contributed by atoms with E-state index in [0.29, 0.717) is 0 Å². The molecule has 0 unspecified atom stereocenters. The Morgan fingerprint density at radius 1 is 0.758 bits per heavy atom. The quantitative estimate of drug-likeness (QED) is 0.0969. The van der Waals surface area contributed by atoms with Crippen LogP contribution < -0.4 is 16.8 Å². The Kier molecular flexibility index (Phi) is 33.0. The van der Waals surface area contributed by atoms with Gasteiger partial charge in [0.25, 0.3) is 0 Å². The molecule has 0 aromatic carbocycles. The molecule has 0 aliphatic carbocycles. The van der Waals surface area contributed by atoms with Crippen molar-refractivity contribution < 1.29 is 29.1 Å². The third-order valence-electron chi connectivity index (χ3n) is 4.76. The van der Waals surface area contributed by atoms with Crippen LogP contribution in [0, 0.1) is 0 Å². The predicted molar refractivity (Wildman–Crippen MR) is 136 cm³/mol. The van der Waals surface area contributed by atoms with Gasteiger partial charge in [-0.3, -0.25) is 4.79 Å². The van der Waals surface area contributed by atoms with E-state index in [9.17, 15) is 4.79 Å². The van der Waals surface area contributed by atoms with Crippen molar-refractivity contribution in [3.05, 3.63) is 0 Å². The Balaban J connectivity index is -0.000000746. The fourth-order valence-corrected chi connectivity index (χ4v) is 3.03. The van der Waals surface area contributed by atoms with Gasteiger partial charge >= 0.3 is 13.8 Å². The fraction of sp³-hybridized carbons (Fsp3) is 0.955. The molecular weight excluding hydrogens is 447 g/mol. The average molecular weight is 501 g/mol. The van der Waals surface area contributed by atoms with Gasteiger partial charge in [-0.05, 0) is 25.9 Å². The minimum Gasteiger partial charge on any atom is -0.480 e. The number of hydrogen-bond donors (Lipinski definition) is 7. The first-order valence-corrected chi connectivity index (χ1v) is 14.0. The molecule has 0 radical (unpaired) electrons. The number of hydrogen-bond acceptors (Lipinski definition) is 6. The highest BCUT2D eigenvalue weighted by atomic mass is 31.2. The lowest BCUT2D eigenvalue weighted by molar-refractivity contribution is -0.135. The zero-order valence-electron chi connectivity index (χ0n) is 21.1. The van der Waals surface area contributed by atoms with Crippen molar-refractivity contribution in [3.63, 3.8) is 0 Å². The number of rotatable bonds is 20. The van der Waals surface area contributed by atoms with Crippen molar-refractivity contribution in [3.8, 4) is 0 Å². The van der Waals surface area contributed by atoms with Gasteiger partial charge in [-0.15, -0.1) is 0 Å². The molecule has 10 nitrogen and oxygen atoms in total. The summed E-state index contributed by atoms with van der Waals surface area (Å²) in [6.07, 6.45) is 16.7. The van der Waals surface area contributed by atoms with E-state index in [2.05, 4.69) is 29.8 Å². The van der Waals surface area contributed by atoms with E-state index in [1.54, 1.807) is 0 Å². The Labute approximate surface area is 201 Å². The first kappa shape index (κ1) is 37.0. The number of unbranched alkanes of at least 4 members (excludes halogenated alkanes) is 10. The zero-order valence-corrected chi connectivity index (χ0v) is 22.0. The summed E-state index contributed by atoms with van der Waals surface area (Å²) in [5.74, 6) is -0.968. The molecule has 11 heteroatoms. The molecule has 0 bridgehead atoms. The van der Waals surface area contributed by atoms with E-state index < -0.39 is 13.8 Å². The van der Waals surface area contributed by atoms with E-state index in [1.807, 2.05) is 0 Å². The highest BCUT2D eigenvalue weighted by molar-refractivity contribution is 7.45. The van der Waals surface area contributed by atoms with Crippen LogP contribution >= 0.6 is 7.82 Å². The summed E-state index contributed by atoms with van der Waals surface area (Å²) in [5.41, 5.74) is 10.1. The molecule has 0 aromatic heterocycles. The topological polar surface area (TPSA) is 182 Å². The number of carboxylic acids is 1. The molecule has 202 valence electrons. The largest absolute Gasteiger partial charge is 0.480 e. The number of phosphoric acid groups is 1. The van der Waals surface area contributed by atoms with Crippen molar-refractivity contribution in [2.75, 3.05) is 45.8 Å². The number of carbonyl (C=O) groups is 1. The van der Waals surface area contributed by atoms with Crippen LogP contribution in [-0.2, 0) is 9.36 Å². The molecule has 0 saturated heterocycles. The van der Waals surface area contributed by atoms with Gasteiger partial charge in [0.2, 0.25) is 0 Å². The SMILES string of the molecule is CCCCCCCCN(CCCCCCCC)CCNCCN.NCC(=O)O.O=P(O)(O)O. The van der Waals surface area contributed by atoms with Gasteiger partial charge in [-0.1, -0.05) is 78.1 Å². The van der Waals surface area contributed by atoms with E-state index in [4.69, 9.17) is 30.1 Å². The number of nitrogens with two attached hydrogens (primary N) is 2. The lowest BCUT2D eigenvalue weighted by Crippen LogP contribution is -2.35. The minimum absolute atomic E-state index is 0.278. The summed E-state index contributed by atoms with van der Waals surface area (Å²) in [6, 6.07) is 0. The number of nitrogens with one attached hydrogen (secondary N) is 1. The fourth-order valence-electron chi connectivity index (χ4n) is 3.03. The second-order valence-corrected chi connectivity index (χ2v) is 9.05. The molecule has 33 heavy (non-hydrogen) atoms.